The molecule has 0 aliphatic rings. The summed E-state index contributed by atoms with van der Waals surface area (Å²) < 4.78 is 24.9. The standard InChI is InChI=1S/C38H46IN7O6Si/c1-8-15-25(22-23-52-53(38(2,3)4,26-16-11-9-12-17-26)27-18-13-10-14-19-27)40-34-32-31(42-36(43-34)44-37(48)51-7)33(39)45-46(32)24-29-30(49-5)21-20-28(41-29)35(47)50-6/h9-14,16-21,25H,8,15,22-24H2,1-7H3,(H2,40,42,43,44,48)/t25-/m0/s1. The summed E-state index contributed by atoms with van der Waals surface area (Å²) in [5.41, 5.74) is 1.70. The fraction of sp³-hybridized carbons (Fsp3) is 0.368. The Bertz CT molecular complexity index is 1990. The van der Waals surface area contributed by atoms with E-state index < -0.39 is 20.4 Å². The Labute approximate surface area is 324 Å². The molecule has 53 heavy (non-hydrogen) atoms. The summed E-state index contributed by atoms with van der Waals surface area (Å²) in [5.74, 6) is 0.427. The minimum Gasteiger partial charge on any atom is -0.495 e. The molecule has 0 saturated heterocycles. The quantitative estimate of drug-likeness (QED) is 0.0685. The van der Waals surface area contributed by atoms with Gasteiger partial charge in [0, 0.05) is 12.6 Å². The molecule has 280 valence electrons. The number of hydrogen-bond donors (Lipinski definition) is 2. The van der Waals surface area contributed by atoms with Crippen LogP contribution < -0.4 is 25.7 Å². The first kappa shape index (κ1) is 39.6. The SMILES string of the molecule is CCC[C@@H](CCO[Si](c1ccccc1)(c1ccccc1)C(C)(C)C)Nc1nc(NC(=O)OC)nc2c(I)nn(Cc3nc(C(=O)OC)ccc3OC)c12. The van der Waals surface area contributed by atoms with Crippen molar-refractivity contribution in [1.82, 2.24) is 24.7 Å². The monoisotopic (exact) mass is 851 g/mol. The average molecular weight is 852 g/mol. The number of benzene rings is 2. The third-order valence-corrected chi connectivity index (χ3v) is 14.7. The zero-order chi connectivity index (χ0) is 38.2. The van der Waals surface area contributed by atoms with Gasteiger partial charge in [0.15, 0.2) is 5.82 Å². The summed E-state index contributed by atoms with van der Waals surface area (Å²) in [6.45, 7) is 9.55. The Morgan fingerprint density at radius 3 is 2.11 bits per heavy atom. The summed E-state index contributed by atoms with van der Waals surface area (Å²) >= 11 is 2.10. The molecule has 0 saturated carbocycles. The number of methoxy groups -OCH3 is 3. The summed E-state index contributed by atoms with van der Waals surface area (Å²) in [4.78, 5) is 38.6. The molecule has 13 nitrogen and oxygen atoms in total. The highest BCUT2D eigenvalue weighted by molar-refractivity contribution is 14.1. The highest BCUT2D eigenvalue weighted by Crippen LogP contribution is 2.37. The summed E-state index contributed by atoms with van der Waals surface area (Å²) in [6.07, 6.45) is 1.69. The summed E-state index contributed by atoms with van der Waals surface area (Å²) in [7, 11) is 1.36. The maximum absolute atomic E-state index is 12.4. The fourth-order valence-electron chi connectivity index (χ4n) is 6.55. The van der Waals surface area contributed by atoms with Crippen LogP contribution in [0.4, 0.5) is 16.6 Å². The predicted octanol–water partition coefficient (Wildman–Crippen LogP) is 6.40. The van der Waals surface area contributed by atoms with E-state index in [0.717, 1.165) is 12.8 Å². The Balaban J connectivity index is 1.53. The van der Waals surface area contributed by atoms with Crippen LogP contribution in [0.2, 0.25) is 5.04 Å². The van der Waals surface area contributed by atoms with Gasteiger partial charge >= 0.3 is 12.1 Å². The van der Waals surface area contributed by atoms with Crippen LogP contribution in [0.1, 0.15) is 63.1 Å². The second-order valence-corrected chi connectivity index (χ2v) is 18.8. The molecule has 5 rings (SSSR count). The molecule has 15 heteroatoms. The van der Waals surface area contributed by atoms with Gasteiger partial charge in [0.1, 0.15) is 31.9 Å². The number of pyridine rings is 1. The van der Waals surface area contributed by atoms with Gasteiger partial charge in [-0.3, -0.25) is 10.00 Å². The van der Waals surface area contributed by atoms with Crippen molar-refractivity contribution in [1.29, 1.82) is 0 Å². The van der Waals surface area contributed by atoms with E-state index in [1.807, 2.05) is 12.1 Å². The minimum atomic E-state index is -2.76. The number of amides is 1. The Morgan fingerprint density at radius 2 is 1.55 bits per heavy atom. The van der Waals surface area contributed by atoms with Gasteiger partial charge in [-0.1, -0.05) is 94.8 Å². The van der Waals surface area contributed by atoms with Crippen molar-refractivity contribution in [3.05, 3.63) is 87.9 Å². The zero-order valence-corrected chi connectivity index (χ0v) is 34.3. The minimum absolute atomic E-state index is 0.0616. The molecule has 5 aromatic rings. The number of carbonyl (C=O) groups excluding carboxylic acids is 2. The van der Waals surface area contributed by atoms with Crippen LogP contribution in [-0.4, -0.2) is 79.1 Å². The average Bonchev–Trinajstić information content (AvgIpc) is 3.47. The van der Waals surface area contributed by atoms with Crippen molar-refractivity contribution in [3.8, 4) is 5.75 Å². The van der Waals surface area contributed by atoms with E-state index in [0.29, 0.717) is 45.0 Å². The maximum atomic E-state index is 12.4. The Kier molecular flexibility index (Phi) is 13.1. The number of halogens is 1. The first-order valence-corrected chi connectivity index (χ1v) is 20.4. The lowest BCUT2D eigenvalue weighted by Gasteiger charge is -2.43. The number of aromatic nitrogens is 5. The van der Waals surface area contributed by atoms with E-state index in [1.54, 1.807) is 16.8 Å². The lowest BCUT2D eigenvalue weighted by molar-refractivity contribution is 0.0593. The second kappa shape index (κ2) is 17.5. The molecule has 0 bridgehead atoms. The Hall–Kier alpha value is -4.61. The van der Waals surface area contributed by atoms with Crippen LogP contribution in [0.15, 0.2) is 72.8 Å². The van der Waals surface area contributed by atoms with Crippen LogP contribution in [0.25, 0.3) is 11.0 Å². The van der Waals surface area contributed by atoms with Crippen molar-refractivity contribution >= 4 is 76.1 Å². The molecule has 1 amide bonds. The van der Waals surface area contributed by atoms with Crippen molar-refractivity contribution in [2.24, 2.45) is 0 Å². The van der Waals surface area contributed by atoms with Crippen molar-refractivity contribution in [2.75, 3.05) is 38.6 Å². The molecule has 0 spiro atoms. The molecule has 1 atom stereocenters. The van der Waals surface area contributed by atoms with Gasteiger partial charge in [-0.25, -0.2) is 19.6 Å². The zero-order valence-electron chi connectivity index (χ0n) is 31.1. The number of esters is 1. The van der Waals surface area contributed by atoms with Gasteiger partial charge in [-0.15, -0.1) is 0 Å². The van der Waals surface area contributed by atoms with E-state index in [4.69, 9.17) is 28.7 Å². The highest BCUT2D eigenvalue weighted by atomic mass is 127. The summed E-state index contributed by atoms with van der Waals surface area (Å²) in [5, 5.41) is 13.3. The number of carbonyl (C=O) groups is 2. The number of fused-ring (bicyclic) bond motifs is 1. The lowest BCUT2D eigenvalue weighted by atomic mass is 10.1. The number of anilines is 2. The van der Waals surface area contributed by atoms with Gasteiger partial charge in [-0.2, -0.15) is 10.1 Å². The van der Waals surface area contributed by atoms with Gasteiger partial charge in [0.05, 0.1) is 27.9 Å². The number of nitrogens with zero attached hydrogens (tertiary/aromatic N) is 5. The van der Waals surface area contributed by atoms with Crippen LogP contribution in [-0.2, 0) is 20.4 Å². The maximum Gasteiger partial charge on any atom is 0.413 e. The molecule has 0 unspecified atom stereocenters. The fourth-order valence-corrected chi connectivity index (χ4v) is 11.8. The third-order valence-electron chi connectivity index (χ3n) is 8.97. The molecule has 3 heterocycles. The molecular weight excluding hydrogens is 805 g/mol. The largest absolute Gasteiger partial charge is 0.495 e. The number of nitrogens with one attached hydrogen (secondary N) is 2. The van der Waals surface area contributed by atoms with E-state index >= 15 is 0 Å². The molecule has 0 aliphatic carbocycles. The van der Waals surface area contributed by atoms with E-state index in [-0.39, 0.29) is 29.3 Å². The predicted molar refractivity (Wildman–Crippen MR) is 216 cm³/mol. The van der Waals surface area contributed by atoms with Gasteiger partial charge in [0.25, 0.3) is 8.32 Å². The smallest absolute Gasteiger partial charge is 0.413 e. The van der Waals surface area contributed by atoms with E-state index in [1.165, 1.54) is 31.7 Å². The normalized spacial score (nSPS) is 12.3. The second-order valence-electron chi connectivity index (χ2n) is 13.4. The molecule has 0 fully saturated rings. The van der Waals surface area contributed by atoms with Crippen LogP contribution in [0.3, 0.4) is 0 Å². The van der Waals surface area contributed by atoms with E-state index in [2.05, 4.69) is 119 Å². The number of rotatable bonds is 15. The van der Waals surface area contributed by atoms with Crippen LogP contribution in [0, 0.1) is 3.70 Å². The molecule has 0 aliphatic heterocycles. The molecule has 3 aromatic heterocycles. The van der Waals surface area contributed by atoms with Crippen LogP contribution >= 0.6 is 22.6 Å². The molecule has 2 N–H and O–H groups in total. The topological polar surface area (TPSA) is 152 Å². The van der Waals surface area contributed by atoms with Gasteiger partial charge in [0.2, 0.25) is 5.95 Å². The van der Waals surface area contributed by atoms with Crippen LogP contribution in [0.5, 0.6) is 5.75 Å². The summed E-state index contributed by atoms with van der Waals surface area (Å²) in [6, 6.07) is 24.3. The molecule has 2 aromatic carbocycles. The van der Waals surface area contributed by atoms with Gasteiger partial charge < -0.3 is 24.0 Å². The highest BCUT2D eigenvalue weighted by Gasteiger charge is 2.50. The first-order valence-electron chi connectivity index (χ1n) is 17.4. The molecular formula is C38H46IN7O6Si. The Morgan fingerprint density at radius 1 is 0.887 bits per heavy atom. The van der Waals surface area contributed by atoms with Crippen molar-refractivity contribution in [2.45, 2.75) is 64.6 Å². The van der Waals surface area contributed by atoms with E-state index in [9.17, 15) is 9.59 Å². The first-order chi connectivity index (χ1) is 25.4. The van der Waals surface area contributed by atoms with Gasteiger partial charge in [-0.05, 0) is 63.0 Å². The molecule has 0 radical (unpaired) electrons. The third kappa shape index (κ3) is 8.79. The van der Waals surface area contributed by atoms with Crippen molar-refractivity contribution < 1.29 is 28.2 Å². The number of hydrogen-bond acceptors (Lipinski definition) is 11. The lowest BCUT2D eigenvalue weighted by Crippen LogP contribution is -2.66. The van der Waals surface area contributed by atoms with Crippen molar-refractivity contribution in [3.63, 3.8) is 0 Å². The number of ether oxygens (including phenoxy) is 3.